The quantitative estimate of drug-likeness (QED) is 0.810. The van der Waals surface area contributed by atoms with E-state index in [1.165, 1.54) is 0 Å². The van der Waals surface area contributed by atoms with Crippen LogP contribution in [0.25, 0.3) is 0 Å². The van der Waals surface area contributed by atoms with Crippen molar-refractivity contribution in [3.05, 3.63) is 42.2 Å². The van der Waals surface area contributed by atoms with Crippen molar-refractivity contribution in [3.8, 4) is 5.75 Å². The first-order valence-corrected chi connectivity index (χ1v) is 5.54. The maximum Gasteiger partial charge on any atom is 0.115 e. The molecule has 86 valence electrons. The summed E-state index contributed by atoms with van der Waals surface area (Å²) < 4.78 is 0. The van der Waals surface area contributed by atoms with Crippen molar-refractivity contribution in [2.24, 2.45) is 0 Å². The molecule has 0 aromatic heterocycles. The third-order valence-corrected chi connectivity index (χ3v) is 2.44. The minimum absolute atomic E-state index is 0.307. The fourth-order valence-corrected chi connectivity index (χ4v) is 1.64. The van der Waals surface area contributed by atoms with Crippen LogP contribution in [0.15, 0.2) is 36.7 Å². The molecule has 2 rings (SSSR count). The number of benzene rings is 1. The van der Waals surface area contributed by atoms with Crippen LogP contribution in [0, 0.1) is 0 Å². The lowest BCUT2D eigenvalue weighted by atomic mass is 10.2. The first-order valence-electron chi connectivity index (χ1n) is 5.54. The van der Waals surface area contributed by atoms with E-state index in [0.29, 0.717) is 5.75 Å². The van der Waals surface area contributed by atoms with Gasteiger partial charge in [-0.25, -0.2) is 0 Å². The number of nitrogens with one attached hydrogen (secondary N) is 1. The zero-order valence-electron chi connectivity index (χ0n) is 9.43. The lowest BCUT2D eigenvalue weighted by molar-refractivity contribution is 0.131. The number of hydrazine groups is 2. The van der Waals surface area contributed by atoms with Gasteiger partial charge in [0.15, 0.2) is 0 Å². The second-order valence-corrected chi connectivity index (χ2v) is 3.89. The Kier molecular flexibility index (Phi) is 3.31. The van der Waals surface area contributed by atoms with Gasteiger partial charge in [0.1, 0.15) is 5.75 Å². The monoisotopic (exact) mass is 219 g/mol. The summed E-state index contributed by atoms with van der Waals surface area (Å²) in [5.41, 5.74) is 4.41. The molecule has 1 aromatic rings. The van der Waals surface area contributed by atoms with Crippen molar-refractivity contribution in [1.29, 1.82) is 0 Å². The van der Waals surface area contributed by atoms with Gasteiger partial charge in [0.25, 0.3) is 0 Å². The van der Waals surface area contributed by atoms with Gasteiger partial charge in [-0.1, -0.05) is 19.1 Å². The summed E-state index contributed by atoms with van der Waals surface area (Å²) in [7, 11) is 0. The smallest absolute Gasteiger partial charge is 0.115 e. The first-order chi connectivity index (χ1) is 7.78. The molecule has 0 unspecified atom stereocenters. The summed E-state index contributed by atoms with van der Waals surface area (Å²) in [6, 6.07) is 7.26. The van der Waals surface area contributed by atoms with Gasteiger partial charge in [0.05, 0.1) is 6.54 Å². The highest BCUT2D eigenvalue weighted by Crippen LogP contribution is 2.12. The van der Waals surface area contributed by atoms with Crippen LogP contribution in [0.3, 0.4) is 0 Å². The normalized spacial score (nSPS) is 14.8. The Morgan fingerprint density at radius 1 is 1.12 bits per heavy atom. The minimum Gasteiger partial charge on any atom is -0.508 e. The van der Waals surface area contributed by atoms with E-state index in [1.807, 2.05) is 29.5 Å². The maximum atomic E-state index is 9.18. The van der Waals surface area contributed by atoms with Crippen LogP contribution in [-0.4, -0.2) is 21.7 Å². The summed E-state index contributed by atoms with van der Waals surface area (Å²) in [4.78, 5) is 0. The van der Waals surface area contributed by atoms with Crippen molar-refractivity contribution in [2.45, 2.75) is 19.9 Å². The van der Waals surface area contributed by atoms with Crippen LogP contribution < -0.4 is 5.53 Å². The summed E-state index contributed by atoms with van der Waals surface area (Å²) in [6.45, 7) is 3.94. The molecule has 0 radical (unpaired) electrons. The van der Waals surface area contributed by atoms with Crippen LogP contribution in [0.1, 0.15) is 18.9 Å². The average Bonchev–Trinajstić information content (AvgIpc) is 2.70. The standard InChI is InChI=1S/C12H17N3O/c1-2-7-14-8-9-15(13-14)10-11-3-5-12(16)6-4-11/h3-6,8-9,13,16H,2,7,10H2,1H3. The van der Waals surface area contributed by atoms with Gasteiger partial charge in [0, 0.05) is 18.9 Å². The van der Waals surface area contributed by atoms with Crippen LogP contribution >= 0.6 is 0 Å². The molecule has 1 aliphatic heterocycles. The lowest BCUT2D eigenvalue weighted by Gasteiger charge is -2.22. The van der Waals surface area contributed by atoms with Gasteiger partial charge >= 0.3 is 0 Å². The summed E-state index contributed by atoms with van der Waals surface area (Å²) in [5, 5.41) is 13.2. The number of aromatic hydroxyl groups is 1. The SMILES string of the molecule is CCCN1C=CN(Cc2ccc(O)cc2)N1. The minimum atomic E-state index is 0.307. The topological polar surface area (TPSA) is 38.7 Å². The Bertz CT molecular complexity index is 361. The molecule has 1 heterocycles. The van der Waals surface area contributed by atoms with Crippen molar-refractivity contribution in [3.63, 3.8) is 0 Å². The molecule has 16 heavy (non-hydrogen) atoms. The van der Waals surface area contributed by atoms with E-state index in [4.69, 9.17) is 0 Å². The second-order valence-electron chi connectivity index (χ2n) is 3.89. The van der Waals surface area contributed by atoms with Gasteiger partial charge in [0.2, 0.25) is 0 Å². The average molecular weight is 219 g/mol. The highest BCUT2D eigenvalue weighted by molar-refractivity contribution is 5.25. The third kappa shape index (κ3) is 2.67. The van der Waals surface area contributed by atoms with Crippen LogP contribution in [-0.2, 0) is 6.54 Å². The maximum absolute atomic E-state index is 9.18. The summed E-state index contributed by atoms with van der Waals surface area (Å²) in [5.74, 6) is 0.307. The zero-order valence-corrected chi connectivity index (χ0v) is 9.43. The number of nitrogens with zero attached hydrogens (tertiary/aromatic N) is 2. The molecule has 0 aliphatic carbocycles. The van der Waals surface area contributed by atoms with E-state index in [-0.39, 0.29) is 0 Å². The Labute approximate surface area is 95.7 Å². The highest BCUT2D eigenvalue weighted by atomic mass is 16.3. The van der Waals surface area contributed by atoms with Crippen LogP contribution in [0.2, 0.25) is 0 Å². The molecule has 0 amide bonds. The number of phenolic OH excluding ortho intramolecular Hbond substituents is 1. The third-order valence-electron chi connectivity index (χ3n) is 2.44. The van der Waals surface area contributed by atoms with E-state index < -0.39 is 0 Å². The van der Waals surface area contributed by atoms with Gasteiger partial charge in [-0.15, -0.1) is 5.53 Å². The summed E-state index contributed by atoms with van der Waals surface area (Å²) >= 11 is 0. The van der Waals surface area contributed by atoms with Crippen molar-refractivity contribution < 1.29 is 5.11 Å². The largest absolute Gasteiger partial charge is 0.508 e. The predicted molar refractivity (Wildman–Crippen MR) is 62.9 cm³/mol. The molecule has 0 saturated carbocycles. The van der Waals surface area contributed by atoms with Crippen molar-refractivity contribution in [2.75, 3.05) is 6.54 Å². The molecule has 2 N–H and O–H groups in total. The lowest BCUT2D eigenvalue weighted by Crippen LogP contribution is -2.39. The zero-order chi connectivity index (χ0) is 11.4. The molecule has 0 bridgehead atoms. The molecule has 0 fully saturated rings. The van der Waals surface area contributed by atoms with Gasteiger partial charge in [-0.2, -0.15) is 0 Å². The molecule has 1 aliphatic rings. The Morgan fingerprint density at radius 2 is 1.81 bits per heavy atom. The van der Waals surface area contributed by atoms with Gasteiger partial charge in [-0.3, -0.25) is 10.0 Å². The summed E-state index contributed by atoms with van der Waals surface area (Å²) in [6.07, 6.45) is 5.16. The fourth-order valence-electron chi connectivity index (χ4n) is 1.64. The van der Waals surface area contributed by atoms with Gasteiger partial charge < -0.3 is 5.11 Å². The Morgan fingerprint density at radius 3 is 2.50 bits per heavy atom. The molecule has 4 heteroatoms. The van der Waals surface area contributed by atoms with E-state index in [9.17, 15) is 5.11 Å². The molecular formula is C12H17N3O. The Balaban J connectivity index is 1.88. The first kappa shape index (κ1) is 10.8. The van der Waals surface area contributed by atoms with E-state index in [2.05, 4.69) is 17.5 Å². The number of hydrogen-bond donors (Lipinski definition) is 2. The van der Waals surface area contributed by atoms with Crippen LogP contribution in [0.5, 0.6) is 5.75 Å². The predicted octanol–water partition coefficient (Wildman–Crippen LogP) is 1.81. The van der Waals surface area contributed by atoms with Crippen molar-refractivity contribution in [1.82, 2.24) is 15.6 Å². The van der Waals surface area contributed by atoms with E-state index in [0.717, 1.165) is 25.1 Å². The fraction of sp³-hybridized carbons (Fsp3) is 0.333. The molecule has 0 spiro atoms. The Hall–Kier alpha value is -1.68. The van der Waals surface area contributed by atoms with Crippen LogP contribution in [0.4, 0.5) is 0 Å². The van der Waals surface area contributed by atoms with Gasteiger partial charge in [-0.05, 0) is 24.1 Å². The molecule has 4 nitrogen and oxygen atoms in total. The highest BCUT2D eigenvalue weighted by Gasteiger charge is 2.10. The van der Waals surface area contributed by atoms with E-state index >= 15 is 0 Å². The second kappa shape index (κ2) is 4.90. The van der Waals surface area contributed by atoms with Crippen molar-refractivity contribution >= 4 is 0 Å². The molecule has 1 aromatic carbocycles. The number of hydrogen-bond acceptors (Lipinski definition) is 4. The molecule has 0 saturated heterocycles. The number of phenols is 1. The van der Waals surface area contributed by atoms with E-state index in [1.54, 1.807) is 12.1 Å². The molecular weight excluding hydrogens is 202 g/mol. The number of rotatable bonds is 4. The molecule has 0 atom stereocenters.